The van der Waals surface area contributed by atoms with Crippen LogP contribution in [0, 0.1) is 0 Å². The van der Waals surface area contributed by atoms with Gasteiger partial charge in [-0.05, 0) is 13.3 Å². The van der Waals surface area contributed by atoms with Crippen LogP contribution in [0.3, 0.4) is 0 Å². The van der Waals surface area contributed by atoms with E-state index in [2.05, 4.69) is 20.6 Å². The molecule has 2 N–H and O–H groups in total. The van der Waals surface area contributed by atoms with Crippen molar-refractivity contribution in [3.8, 4) is 0 Å². The molecule has 96 valence electrons. The van der Waals surface area contributed by atoms with E-state index in [4.69, 9.17) is 0 Å². The van der Waals surface area contributed by atoms with E-state index in [1.165, 1.54) is 6.20 Å². The van der Waals surface area contributed by atoms with Crippen molar-refractivity contribution in [1.82, 2.24) is 9.97 Å². The van der Waals surface area contributed by atoms with Gasteiger partial charge in [-0.2, -0.15) is 13.2 Å². The highest BCUT2D eigenvalue weighted by Crippen LogP contribution is 2.21. The third kappa shape index (κ3) is 5.94. The van der Waals surface area contributed by atoms with Crippen molar-refractivity contribution in [1.29, 1.82) is 0 Å². The van der Waals surface area contributed by atoms with Crippen molar-refractivity contribution in [2.45, 2.75) is 25.9 Å². The van der Waals surface area contributed by atoms with E-state index in [1.807, 2.05) is 6.92 Å². The summed E-state index contributed by atoms with van der Waals surface area (Å²) in [6.45, 7) is 2.86. The predicted molar refractivity (Wildman–Crippen MR) is 60.0 cm³/mol. The molecule has 0 amide bonds. The third-order valence-corrected chi connectivity index (χ3v) is 1.94. The summed E-state index contributed by atoms with van der Waals surface area (Å²) in [7, 11) is 0. The summed E-state index contributed by atoms with van der Waals surface area (Å²) in [5.41, 5.74) is 0. The minimum Gasteiger partial charge on any atom is -0.369 e. The Labute approximate surface area is 97.7 Å². The highest BCUT2D eigenvalue weighted by molar-refractivity contribution is 5.41. The number of anilines is 2. The topological polar surface area (TPSA) is 49.8 Å². The number of nitrogens with zero attached hydrogens (tertiary/aromatic N) is 2. The molecule has 1 heterocycles. The van der Waals surface area contributed by atoms with Gasteiger partial charge in [-0.25, -0.2) is 4.98 Å². The zero-order valence-corrected chi connectivity index (χ0v) is 9.51. The zero-order valence-electron chi connectivity index (χ0n) is 9.51. The number of aromatic nitrogens is 2. The smallest absolute Gasteiger partial charge is 0.369 e. The molecule has 0 saturated carbocycles. The van der Waals surface area contributed by atoms with Gasteiger partial charge in [0, 0.05) is 19.5 Å². The quantitative estimate of drug-likeness (QED) is 0.760. The van der Waals surface area contributed by atoms with Crippen LogP contribution in [0.5, 0.6) is 0 Å². The van der Waals surface area contributed by atoms with Crippen LogP contribution in [-0.2, 0) is 0 Å². The van der Waals surface area contributed by atoms with Crippen molar-refractivity contribution in [2.75, 3.05) is 23.7 Å². The molecule has 0 fully saturated rings. The first-order valence-corrected chi connectivity index (χ1v) is 5.38. The van der Waals surface area contributed by atoms with Crippen LogP contribution in [0.2, 0.25) is 0 Å². The second-order valence-corrected chi connectivity index (χ2v) is 3.47. The number of halogens is 3. The average molecular weight is 248 g/mol. The maximum absolute atomic E-state index is 11.9. The molecule has 7 heteroatoms. The maximum atomic E-state index is 11.9. The second-order valence-electron chi connectivity index (χ2n) is 3.47. The SMILES string of the molecule is CCNc1cncc(NCCCC(F)(F)F)n1. The minimum atomic E-state index is -4.10. The van der Waals surface area contributed by atoms with E-state index < -0.39 is 12.6 Å². The summed E-state index contributed by atoms with van der Waals surface area (Å²) in [5.74, 6) is 1.08. The summed E-state index contributed by atoms with van der Waals surface area (Å²) < 4.78 is 35.6. The van der Waals surface area contributed by atoms with E-state index in [1.54, 1.807) is 6.20 Å². The summed E-state index contributed by atoms with van der Waals surface area (Å²) in [6.07, 6.45) is -1.82. The van der Waals surface area contributed by atoms with Crippen LogP contribution in [0.4, 0.5) is 24.8 Å². The first kappa shape index (κ1) is 13.5. The Balaban J connectivity index is 2.34. The van der Waals surface area contributed by atoms with Crippen LogP contribution in [0.1, 0.15) is 19.8 Å². The van der Waals surface area contributed by atoms with E-state index >= 15 is 0 Å². The molecule has 1 rings (SSSR count). The molecule has 4 nitrogen and oxygen atoms in total. The molecule has 0 aliphatic rings. The molecule has 1 aromatic heterocycles. The Morgan fingerprint density at radius 1 is 1.18 bits per heavy atom. The molecular formula is C10H15F3N4. The monoisotopic (exact) mass is 248 g/mol. The van der Waals surface area contributed by atoms with Crippen molar-refractivity contribution in [3.63, 3.8) is 0 Å². The molecule has 0 spiro atoms. The maximum Gasteiger partial charge on any atom is 0.389 e. The van der Waals surface area contributed by atoms with Gasteiger partial charge in [0.1, 0.15) is 11.6 Å². The minimum absolute atomic E-state index is 0.0244. The molecular weight excluding hydrogens is 233 g/mol. The molecule has 1 aromatic rings. The lowest BCUT2D eigenvalue weighted by atomic mass is 10.3. The van der Waals surface area contributed by atoms with Crippen LogP contribution < -0.4 is 10.6 Å². The van der Waals surface area contributed by atoms with Gasteiger partial charge in [0.2, 0.25) is 0 Å². The molecule has 0 atom stereocenters. The fourth-order valence-electron chi connectivity index (χ4n) is 1.22. The highest BCUT2D eigenvalue weighted by Gasteiger charge is 2.25. The molecule has 0 saturated heterocycles. The third-order valence-electron chi connectivity index (χ3n) is 1.94. The van der Waals surface area contributed by atoms with Crippen molar-refractivity contribution < 1.29 is 13.2 Å². The van der Waals surface area contributed by atoms with Gasteiger partial charge in [0.15, 0.2) is 0 Å². The van der Waals surface area contributed by atoms with Crippen LogP contribution in [0.15, 0.2) is 12.4 Å². The fraction of sp³-hybridized carbons (Fsp3) is 0.600. The highest BCUT2D eigenvalue weighted by atomic mass is 19.4. The summed E-state index contributed by atoms with van der Waals surface area (Å²) >= 11 is 0. The summed E-state index contributed by atoms with van der Waals surface area (Å²) in [4.78, 5) is 8.05. The van der Waals surface area contributed by atoms with Crippen LogP contribution >= 0.6 is 0 Å². The van der Waals surface area contributed by atoms with Gasteiger partial charge in [0.25, 0.3) is 0 Å². The van der Waals surface area contributed by atoms with Crippen molar-refractivity contribution in [3.05, 3.63) is 12.4 Å². The Morgan fingerprint density at radius 2 is 1.82 bits per heavy atom. The summed E-state index contributed by atoms with van der Waals surface area (Å²) in [6, 6.07) is 0. The second kappa shape index (κ2) is 6.27. The Kier molecular flexibility index (Phi) is 4.99. The lowest BCUT2D eigenvalue weighted by molar-refractivity contribution is -0.134. The molecule has 0 aliphatic heterocycles. The predicted octanol–water partition coefficient (Wildman–Crippen LogP) is 2.66. The Morgan fingerprint density at radius 3 is 2.41 bits per heavy atom. The molecule has 0 bridgehead atoms. The Bertz CT molecular complexity index is 341. The zero-order chi connectivity index (χ0) is 12.7. The van der Waals surface area contributed by atoms with E-state index in [9.17, 15) is 13.2 Å². The molecule has 0 aliphatic carbocycles. The normalized spacial score (nSPS) is 11.3. The molecule has 0 unspecified atom stereocenters. The lowest BCUT2D eigenvalue weighted by Gasteiger charge is -2.08. The Hall–Kier alpha value is -1.53. The van der Waals surface area contributed by atoms with Gasteiger partial charge in [-0.3, -0.25) is 4.98 Å². The molecule has 17 heavy (non-hydrogen) atoms. The van der Waals surface area contributed by atoms with Gasteiger partial charge in [-0.1, -0.05) is 0 Å². The van der Waals surface area contributed by atoms with E-state index in [0.29, 0.717) is 18.2 Å². The number of hydrogen-bond donors (Lipinski definition) is 2. The lowest BCUT2D eigenvalue weighted by Crippen LogP contribution is -2.12. The van der Waals surface area contributed by atoms with E-state index in [-0.39, 0.29) is 13.0 Å². The largest absolute Gasteiger partial charge is 0.389 e. The fourth-order valence-corrected chi connectivity index (χ4v) is 1.22. The number of rotatable bonds is 6. The van der Waals surface area contributed by atoms with Crippen molar-refractivity contribution in [2.24, 2.45) is 0 Å². The number of hydrogen-bond acceptors (Lipinski definition) is 4. The number of alkyl halides is 3. The first-order valence-electron chi connectivity index (χ1n) is 5.38. The standard InChI is InChI=1S/C10H15F3N4/c1-2-15-8-6-14-7-9(17-8)16-5-3-4-10(11,12)13/h6-7H,2-5H2,1H3,(H2,15,16,17). The van der Waals surface area contributed by atoms with Crippen molar-refractivity contribution >= 4 is 11.6 Å². The van der Waals surface area contributed by atoms with E-state index in [0.717, 1.165) is 0 Å². The van der Waals surface area contributed by atoms with Gasteiger partial charge in [-0.15, -0.1) is 0 Å². The average Bonchev–Trinajstić information content (AvgIpc) is 2.24. The molecule has 0 aromatic carbocycles. The van der Waals surface area contributed by atoms with Crippen LogP contribution in [0.25, 0.3) is 0 Å². The van der Waals surface area contributed by atoms with Gasteiger partial charge >= 0.3 is 6.18 Å². The first-order chi connectivity index (χ1) is 8.01. The molecule has 0 radical (unpaired) electrons. The number of nitrogens with one attached hydrogen (secondary N) is 2. The van der Waals surface area contributed by atoms with Gasteiger partial charge < -0.3 is 10.6 Å². The van der Waals surface area contributed by atoms with Gasteiger partial charge in [0.05, 0.1) is 12.4 Å². The van der Waals surface area contributed by atoms with Crippen LogP contribution in [-0.4, -0.2) is 29.2 Å². The summed E-state index contributed by atoms with van der Waals surface area (Å²) in [5, 5.41) is 5.77.